The molecule has 0 saturated heterocycles. The molecule has 0 aromatic heterocycles. The summed E-state index contributed by atoms with van der Waals surface area (Å²) in [6.45, 7) is 7.83. The van der Waals surface area contributed by atoms with Crippen LogP contribution >= 0.6 is 0 Å². The minimum absolute atomic E-state index is 0.374. The normalized spacial score (nSPS) is 11.6. The molecule has 2 heteroatoms. The third-order valence-electron chi connectivity index (χ3n) is 1.52. The first-order chi connectivity index (χ1) is 6.20. The van der Waals surface area contributed by atoms with E-state index in [1.807, 2.05) is 13.0 Å². The second-order valence-electron chi connectivity index (χ2n) is 2.92. The van der Waals surface area contributed by atoms with Gasteiger partial charge in [0.05, 0.1) is 12.5 Å². The van der Waals surface area contributed by atoms with Crippen LogP contribution in [0.15, 0.2) is 29.4 Å². The lowest BCUT2D eigenvalue weighted by Gasteiger charge is -1.92. The van der Waals surface area contributed by atoms with Crippen LogP contribution in [-0.4, -0.2) is 5.71 Å². The summed E-state index contributed by atoms with van der Waals surface area (Å²) in [6.07, 6.45) is 6.00. The summed E-state index contributed by atoms with van der Waals surface area (Å²) in [5.74, 6) is 0. The zero-order valence-electron chi connectivity index (χ0n) is 8.38. The highest BCUT2D eigenvalue weighted by Crippen LogP contribution is 1.99. The van der Waals surface area contributed by atoms with E-state index in [-0.39, 0.29) is 0 Å². The maximum atomic E-state index is 8.35. The monoisotopic (exact) mass is 176 g/mol. The van der Waals surface area contributed by atoms with E-state index in [9.17, 15) is 0 Å². The second-order valence-corrected chi connectivity index (χ2v) is 2.92. The number of hydrogen-bond donors (Lipinski definition) is 0. The maximum absolute atomic E-state index is 8.35. The van der Waals surface area contributed by atoms with Crippen LogP contribution in [0.3, 0.4) is 0 Å². The van der Waals surface area contributed by atoms with E-state index in [1.165, 1.54) is 0 Å². The lowest BCUT2D eigenvalue weighted by molar-refractivity contribution is 0.987. The fourth-order valence-electron chi connectivity index (χ4n) is 0.857. The van der Waals surface area contributed by atoms with Crippen LogP contribution in [0.4, 0.5) is 0 Å². The molecule has 0 fully saturated rings. The standard InChI is InChI=1S/C11H16N2/c1-4-5-11(3)13-9-7-10(2)6-8-12/h7,9H,2,4-6H2,1,3H3/b9-7-,13-11?. The molecule has 0 N–H and O–H groups in total. The van der Waals surface area contributed by atoms with Crippen molar-refractivity contribution < 1.29 is 0 Å². The molecule has 0 spiro atoms. The van der Waals surface area contributed by atoms with E-state index >= 15 is 0 Å². The van der Waals surface area contributed by atoms with Crippen molar-refractivity contribution in [2.24, 2.45) is 4.99 Å². The van der Waals surface area contributed by atoms with Gasteiger partial charge in [-0.1, -0.05) is 19.9 Å². The van der Waals surface area contributed by atoms with Crippen molar-refractivity contribution in [1.82, 2.24) is 0 Å². The zero-order chi connectivity index (χ0) is 10.1. The molecule has 70 valence electrons. The molecule has 0 bridgehead atoms. The van der Waals surface area contributed by atoms with Gasteiger partial charge in [-0.05, 0) is 25.0 Å². The first kappa shape index (κ1) is 11.6. The summed E-state index contributed by atoms with van der Waals surface area (Å²) in [5, 5.41) is 8.35. The van der Waals surface area contributed by atoms with Gasteiger partial charge in [0.25, 0.3) is 0 Å². The average molecular weight is 176 g/mol. The van der Waals surface area contributed by atoms with Gasteiger partial charge in [0.1, 0.15) is 0 Å². The third-order valence-corrected chi connectivity index (χ3v) is 1.52. The van der Waals surface area contributed by atoms with E-state index in [1.54, 1.807) is 12.3 Å². The predicted molar refractivity (Wildman–Crippen MR) is 56.5 cm³/mol. The lowest BCUT2D eigenvalue weighted by atomic mass is 10.2. The highest BCUT2D eigenvalue weighted by Gasteiger charge is 1.86. The van der Waals surface area contributed by atoms with Gasteiger partial charge in [-0.25, -0.2) is 0 Å². The van der Waals surface area contributed by atoms with Crippen molar-refractivity contribution in [3.8, 4) is 6.07 Å². The molecule has 0 aliphatic carbocycles. The fraction of sp³-hybridized carbons (Fsp3) is 0.455. The summed E-state index contributed by atoms with van der Waals surface area (Å²) in [7, 11) is 0. The van der Waals surface area contributed by atoms with Crippen LogP contribution in [0.2, 0.25) is 0 Å². The van der Waals surface area contributed by atoms with Crippen molar-refractivity contribution in [2.45, 2.75) is 33.1 Å². The number of rotatable bonds is 5. The molecule has 13 heavy (non-hydrogen) atoms. The van der Waals surface area contributed by atoms with Crippen LogP contribution in [0.1, 0.15) is 33.1 Å². The summed E-state index contributed by atoms with van der Waals surface area (Å²) in [4.78, 5) is 4.20. The number of nitriles is 1. The third kappa shape index (κ3) is 7.02. The Morgan fingerprint density at radius 3 is 2.85 bits per heavy atom. The number of nitrogens with zero attached hydrogens (tertiary/aromatic N) is 2. The Kier molecular flexibility index (Phi) is 6.53. The van der Waals surface area contributed by atoms with Gasteiger partial charge >= 0.3 is 0 Å². The molecular formula is C11H16N2. The molecule has 0 rings (SSSR count). The van der Waals surface area contributed by atoms with E-state index in [2.05, 4.69) is 18.5 Å². The van der Waals surface area contributed by atoms with Crippen LogP contribution in [0.5, 0.6) is 0 Å². The van der Waals surface area contributed by atoms with Crippen molar-refractivity contribution >= 4 is 5.71 Å². The molecular weight excluding hydrogens is 160 g/mol. The molecule has 0 aliphatic heterocycles. The Hall–Kier alpha value is -1.36. The van der Waals surface area contributed by atoms with Gasteiger partial charge in [-0.15, -0.1) is 0 Å². The molecule has 0 atom stereocenters. The first-order valence-corrected chi connectivity index (χ1v) is 4.45. The Bertz CT molecular complexity index is 254. The van der Waals surface area contributed by atoms with Crippen LogP contribution in [-0.2, 0) is 0 Å². The summed E-state index contributed by atoms with van der Waals surface area (Å²) in [5.41, 5.74) is 1.92. The molecule has 0 aromatic rings. The van der Waals surface area contributed by atoms with E-state index < -0.39 is 0 Å². The second kappa shape index (κ2) is 7.30. The van der Waals surface area contributed by atoms with Crippen molar-refractivity contribution in [3.05, 3.63) is 24.4 Å². The van der Waals surface area contributed by atoms with E-state index in [0.717, 1.165) is 24.1 Å². The van der Waals surface area contributed by atoms with Crippen molar-refractivity contribution in [3.63, 3.8) is 0 Å². The predicted octanol–water partition coefficient (Wildman–Crippen LogP) is 3.23. The molecule has 2 nitrogen and oxygen atoms in total. The molecule has 0 saturated carbocycles. The summed E-state index contributed by atoms with van der Waals surface area (Å²) >= 11 is 0. The largest absolute Gasteiger partial charge is 0.266 e. The minimum atomic E-state index is 0.374. The Labute approximate surface area is 80.3 Å². The molecule has 0 aromatic carbocycles. The maximum Gasteiger partial charge on any atom is 0.0669 e. The van der Waals surface area contributed by atoms with Crippen molar-refractivity contribution in [2.75, 3.05) is 0 Å². The molecule has 0 aliphatic rings. The lowest BCUT2D eigenvalue weighted by Crippen LogP contribution is -1.87. The highest BCUT2D eigenvalue weighted by molar-refractivity contribution is 5.82. The van der Waals surface area contributed by atoms with Crippen LogP contribution < -0.4 is 0 Å². The van der Waals surface area contributed by atoms with Gasteiger partial charge in [0.15, 0.2) is 0 Å². The van der Waals surface area contributed by atoms with Gasteiger partial charge in [0, 0.05) is 11.9 Å². The Balaban J connectivity index is 3.93. The number of aliphatic imine (C=N–C) groups is 1. The van der Waals surface area contributed by atoms with Crippen molar-refractivity contribution in [1.29, 1.82) is 5.26 Å². The van der Waals surface area contributed by atoms with Gasteiger partial charge in [-0.2, -0.15) is 5.26 Å². The summed E-state index contributed by atoms with van der Waals surface area (Å²) < 4.78 is 0. The molecule has 0 heterocycles. The van der Waals surface area contributed by atoms with Crippen LogP contribution in [0, 0.1) is 11.3 Å². The highest BCUT2D eigenvalue weighted by atomic mass is 14.7. The van der Waals surface area contributed by atoms with Crippen LogP contribution in [0.25, 0.3) is 0 Å². The first-order valence-electron chi connectivity index (χ1n) is 4.45. The van der Waals surface area contributed by atoms with Gasteiger partial charge < -0.3 is 0 Å². The average Bonchev–Trinajstić information content (AvgIpc) is 2.05. The Morgan fingerprint density at radius 1 is 1.62 bits per heavy atom. The van der Waals surface area contributed by atoms with Gasteiger partial charge in [0.2, 0.25) is 0 Å². The smallest absolute Gasteiger partial charge is 0.0669 e. The number of allylic oxidation sites excluding steroid dienone is 2. The summed E-state index contributed by atoms with van der Waals surface area (Å²) in [6, 6.07) is 2.03. The molecule has 0 unspecified atom stereocenters. The zero-order valence-corrected chi connectivity index (χ0v) is 8.38. The Morgan fingerprint density at radius 2 is 2.31 bits per heavy atom. The SMILES string of the molecule is C=C(/C=C\N=C(C)CCC)CC#N. The minimum Gasteiger partial charge on any atom is -0.266 e. The fourth-order valence-corrected chi connectivity index (χ4v) is 0.857. The number of hydrogen-bond acceptors (Lipinski definition) is 2. The molecule has 0 amide bonds. The molecule has 0 radical (unpaired) electrons. The topological polar surface area (TPSA) is 36.1 Å². The quantitative estimate of drug-likeness (QED) is 0.468. The van der Waals surface area contributed by atoms with E-state index in [0.29, 0.717) is 6.42 Å². The van der Waals surface area contributed by atoms with E-state index in [4.69, 9.17) is 5.26 Å². The van der Waals surface area contributed by atoms with Gasteiger partial charge in [-0.3, -0.25) is 4.99 Å².